The summed E-state index contributed by atoms with van der Waals surface area (Å²) in [5.74, 6) is 0.933. The molecule has 35 heavy (non-hydrogen) atoms. The van der Waals surface area contributed by atoms with Crippen LogP contribution in [0.15, 0.2) is 92.0 Å². The average molecular weight is 481 g/mol. The molecular weight excluding hydrogens is 460 g/mol. The first-order chi connectivity index (χ1) is 17.0. The largest absolute Gasteiger partial charge is 0.423 e. The van der Waals surface area contributed by atoms with Crippen LogP contribution < -0.4 is 11.2 Å². The lowest BCUT2D eigenvalue weighted by atomic mass is 10.1. The monoisotopic (exact) mass is 480 g/mol. The summed E-state index contributed by atoms with van der Waals surface area (Å²) in [4.78, 5) is 25.7. The molecule has 0 unspecified atom stereocenters. The maximum Gasteiger partial charge on any atom is 0.336 e. The van der Waals surface area contributed by atoms with Gasteiger partial charge in [-0.1, -0.05) is 54.2 Å². The van der Waals surface area contributed by atoms with Crippen LogP contribution in [0, 0.1) is 13.8 Å². The summed E-state index contributed by atoms with van der Waals surface area (Å²) >= 11 is 1.46. The number of aryl methyl sites for hydroxylation is 2. The fraction of sp³-hybridized carbons (Fsp3) is 0.111. The molecule has 3 heterocycles. The van der Waals surface area contributed by atoms with E-state index in [0.29, 0.717) is 27.7 Å². The number of para-hydroxylation sites is 2. The summed E-state index contributed by atoms with van der Waals surface area (Å²) in [5.41, 5.74) is 4.37. The topological polar surface area (TPSA) is 82.4 Å². The number of hydrogen-bond acceptors (Lipinski definition) is 6. The van der Waals surface area contributed by atoms with Crippen molar-refractivity contribution in [2.24, 2.45) is 0 Å². The van der Waals surface area contributed by atoms with Gasteiger partial charge in [-0.2, -0.15) is 0 Å². The van der Waals surface area contributed by atoms with Gasteiger partial charge in [0.2, 0.25) is 5.78 Å². The first kappa shape index (κ1) is 21.4. The Kier molecular flexibility index (Phi) is 5.04. The minimum absolute atomic E-state index is 0.145. The zero-order valence-corrected chi connectivity index (χ0v) is 19.9. The summed E-state index contributed by atoms with van der Waals surface area (Å²) in [7, 11) is 0. The predicted octanol–water partition coefficient (Wildman–Crippen LogP) is 5.05. The zero-order chi connectivity index (χ0) is 24.1. The Labute approximate surface area is 203 Å². The highest BCUT2D eigenvalue weighted by atomic mass is 32.2. The van der Waals surface area contributed by atoms with Gasteiger partial charge in [0, 0.05) is 17.2 Å². The van der Waals surface area contributed by atoms with Gasteiger partial charge in [-0.3, -0.25) is 9.20 Å². The van der Waals surface area contributed by atoms with E-state index in [1.54, 1.807) is 4.57 Å². The summed E-state index contributed by atoms with van der Waals surface area (Å²) < 4.78 is 8.92. The standard InChI is InChI=1S/C27H20N4O3S/c1-16-11-12-19-18(14-24(32)34-23(19)13-16)15-35-27-29-28-26-30(21-9-5-3-7-17(21)2)25(33)20-8-4-6-10-22(20)31(26)27/h3-14H,15H2,1-2H3. The van der Waals surface area contributed by atoms with Gasteiger partial charge in [0.05, 0.1) is 16.6 Å². The van der Waals surface area contributed by atoms with Crippen molar-refractivity contribution in [1.29, 1.82) is 0 Å². The Morgan fingerprint density at radius 3 is 2.54 bits per heavy atom. The van der Waals surface area contributed by atoms with Gasteiger partial charge >= 0.3 is 5.63 Å². The van der Waals surface area contributed by atoms with Crippen molar-refractivity contribution < 1.29 is 4.42 Å². The summed E-state index contributed by atoms with van der Waals surface area (Å²) in [5, 5.41) is 11.0. The van der Waals surface area contributed by atoms with Crippen molar-refractivity contribution in [2.45, 2.75) is 24.8 Å². The fourth-order valence-electron chi connectivity index (χ4n) is 4.40. The molecule has 0 saturated heterocycles. The van der Waals surface area contributed by atoms with Gasteiger partial charge in [-0.05, 0) is 54.8 Å². The summed E-state index contributed by atoms with van der Waals surface area (Å²) in [6.45, 7) is 3.93. The van der Waals surface area contributed by atoms with Crippen molar-refractivity contribution in [2.75, 3.05) is 0 Å². The van der Waals surface area contributed by atoms with Gasteiger partial charge in [0.25, 0.3) is 5.56 Å². The van der Waals surface area contributed by atoms with Crippen LogP contribution in [0.1, 0.15) is 16.7 Å². The molecule has 0 radical (unpaired) electrons. The summed E-state index contributed by atoms with van der Waals surface area (Å²) in [6.07, 6.45) is 0. The lowest BCUT2D eigenvalue weighted by Gasteiger charge is -2.13. The van der Waals surface area contributed by atoms with Crippen LogP contribution in [0.4, 0.5) is 0 Å². The van der Waals surface area contributed by atoms with Gasteiger partial charge in [-0.15, -0.1) is 10.2 Å². The molecule has 0 N–H and O–H groups in total. The van der Waals surface area contributed by atoms with Gasteiger partial charge < -0.3 is 4.42 Å². The van der Waals surface area contributed by atoms with E-state index in [1.165, 1.54) is 17.8 Å². The van der Waals surface area contributed by atoms with Crippen LogP contribution in [0.3, 0.4) is 0 Å². The predicted molar refractivity (Wildman–Crippen MR) is 138 cm³/mol. The van der Waals surface area contributed by atoms with Crippen molar-refractivity contribution in [3.63, 3.8) is 0 Å². The van der Waals surface area contributed by atoms with Crippen LogP contribution in [0.25, 0.3) is 33.3 Å². The van der Waals surface area contributed by atoms with Crippen LogP contribution in [0.5, 0.6) is 0 Å². The minimum Gasteiger partial charge on any atom is -0.423 e. The van der Waals surface area contributed by atoms with E-state index in [-0.39, 0.29) is 11.2 Å². The molecule has 172 valence electrons. The molecule has 3 aromatic heterocycles. The smallest absolute Gasteiger partial charge is 0.336 e. The van der Waals surface area contributed by atoms with Gasteiger partial charge in [0.15, 0.2) is 5.16 Å². The Balaban J connectivity index is 1.54. The molecule has 7 nitrogen and oxygen atoms in total. The molecule has 6 rings (SSSR count). The van der Waals surface area contributed by atoms with E-state index in [1.807, 2.05) is 85.0 Å². The molecule has 3 aromatic carbocycles. The Bertz CT molecular complexity index is 1880. The maximum atomic E-state index is 13.5. The number of thioether (sulfide) groups is 1. The number of aromatic nitrogens is 4. The molecule has 0 aliphatic rings. The van der Waals surface area contributed by atoms with E-state index >= 15 is 0 Å². The van der Waals surface area contributed by atoms with E-state index in [2.05, 4.69) is 10.2 Å². The maximum absolute atomic E-state index is 13.5. The van der Waals surface area contributed by atoms with Crippen molar-refractivity contribution in [3.05, 3.63) is 110 Å². The Hall–Kier alpha value is -4.17. The second kappa shape index (κ2) is 8.25. The molecule has 8 heteroatoms. The van der Waals surface area contributed by atoms with Crippen LogP contribution in [-0.2, 0) is 5.75 Å². The SMILES string of the molecule is Cc1ccc2c(CSc3nnc4n(-c5ccccc5C)c(=O)c5ccccc5n34)cc(=O)oc2c1. The zero-order valence-electron chi connectivity index (χ0n) is 19.1. The second-order valence-electron chi connectivity index (χ2n) is 8.44. The van der Waals surface area contributed by atoms with Crippen LogP contribution in [-0.4, -0.2) is 19.2 Å². The third kappa shape index (κ3) is 3.54. The van der Waals surface area contributed by atoms with Crippen LogP contribution in [0.2, 0.25) is 0 Å². The molecule has 0 amide bonds. The minimum atomic E-state index is -0.386. The number of hydrogen-bond donors (Lipinski definition) is 0. The summed E-state index contributed by atoms with van der Waals surface area (Å²) in [6, 6.07) is 22.5. The molecule has 6 aromatic rings. The lowest BCUT2D eigenvalue weighted by Crippen LogP contribution is -2.22. The third-order valence-electron chi connectivity index (χ3n) is 6.09. The number of nitrogens with zero attached hydrogens (tertiary/aromatic N) is 4. The first-order valence-electron chi connectivity index (χ1n) is 11.1. The highest BCUT2D eigenvalue weighted by molar-refractivity contribution is 7.98. The Morgan fingerprint density at radius 1 is 0.886 bits per heavy atom. The number of benzene rings is 3. The van der Waals surface area contributed by atoms with Crippen molar-refractivity contribution in [3.8, 4) is 5.69 Å². The molecule has 0 fully saturated rings. The van der Waals surface area contributed by atoms with Crippen LogP contribution >= 0.6 is 11.8 Å². The van der Waals surface area contributed by atoms with Gasteiger partial charge in [-0.25, -0.2) is 9.36 Å². The van der Waals surface area contributed by atoms with E-state index in [4.69, 9.17) is 4.42 Å². The molecule has 0 atom stereocenters. The molecular formula is C27H20N4O3S. The second-order valence-corrected chi connectivity index (χ2v) is 9.38. The van der Waals surface area contributed by atoms with Gasteiger partial charge in [0.1, 0.15) is 5.58 Å². The quantitative estimate of drug-likeness (QED) is 0.259. The van der Waals surface area contributed by atoms with E-state index in [0.717, 1.165) is 33.3 Å². The number of fused-ring (bicyclic) bond motifs is 4. The van der Waals surface area contributed by atoms with E-state index in [9.17, 15) is 9.59 Å². The molecule has 0 aliphatic heterocycles. The number of rotatable bonds is 4. The van der Waals surface area contributed by atoms with E-state index < -0.39 is 0 Å². The highest BCUT2D eigenvalue weighted by Crippen LogP contribution is 2.28. The van der Waals surface area contributed by atoms with Crippen molar-refractivity contribution in [1.82, 2.24) is 19.2 Å². The van der Waals surface area contributed by atoms with Crippen molar-refractivity contribution >= 4 is 39.4 Å². The fourth-order valence-corrected chi connectivity index (χ4v) is 5.33. The lowest BCUT2D eigenvalue weighted by molar-refractivity contribution is 0.559. The molecule has 0 saturated carbocycles. The molecule has 0 aliphatic carbocycles. The molecule has 0 spiro atoms. The first-order valence-corrected chi connectivity index (χ1v) is 12.1. The highest BCUT2D eigenvalue weighted by Gasteiger charge is 2.19. The Morgan fingerprint density at radius 2 is 1.69 bits per heavy atom. The normalized spacial score (nSPS) is 11.6. The average Bonchev–Trinajstić information content (AvgIpc) is 3.27. The molecule has 0 bridgehead atoms. The third-order valence-corrected chi connectivity index (χ3v) is 7.07.